The van der Waals surface area contributed by atoms with Crippen LogP contribution in [-0.2, 0) is 4.79 Å². The molecular formula is C25H21N3O4. The molecule has 0 saturated carbocycles. The number of anilines is 2. The minimum atomic E-state index is -0.333. The summed E-state index contributed by atoms with van der Waals surface area (Å²) in [6.07, 6.45) is 0.449. The van der Waals surface area contributed by atoms with Crippen LogP contribution in [-0.4, -0.2) is 35.1 Å². The van der Waals surface area contributed by atoms with E-state index in [4.69, 9.17) is 0 Å². The lowest BCUT2D eigenvalue weighted by Crippen LogP contribution is -2.31. The summed E-state index contributed by atoms with van der Waals surface area (Å²) in [6, 6.07) is 22.4. The van der Waals surface area contributed by atoms with E-state index in [1.165, 1.54) is 4.90 Å². The Labute approximate surface area is 185 Å². The van der Waals surface area contributed by atoms with Gasteiger partial charge in [-0.3, -0.25) is 24.1 Å². The first-order valence-electron chi connectivity index (χ1n) is 10.2. The van der Waals surface area contributed by atoms with Gasteiger partial charge in [0, 0.05) is 18.5 Å². The highest BCUT2D eigenvalue weighted by molar-refractivity contribution is 6.21. The Kier molecular flexibility index (Phi) is 6.07. The lowest BCUT2D eigenvalue weighted by Gasteiger charge is -2.14. The highest BCUT2D eigenvalue weighted by atomic mass is 16.2. The lowest BCUT2D eigenvalue weighted by molar-refractivity contribution is -0.116. The predicted octanol–water partition coefficient (Wildman–Crippen LogP) is 3.95. The van der Waals surface area contributed by atoms with Crippen molar-refractivity contribution >= 4 is 35.0 Å². The van der Waals surface area contributed by atoms with E-state index in [1.807, 2.05) is 6.07 Å². The molecular weight excluding hydrogens is 406 g/mol. The first-order valence-corrected chi connectivity index (χ1v) is 10.2. The third kappa shape index (κ3) is 4.41. The molecule has 2 N–H and O–H groups in total. The van der Waals surface area contributed by atoms with Gasteiger partial charge in [-0.25, -0.2) is 0 Å². The molecule has 1 aliphatic heterocycles. The molecule has 0 radical (unpaired) electrons. The predicted molar refractivity (Wildman–Crippen MR) is 121 cm³/mol. The Hall–Kier alpha value is -4.26. The highest BCUT2D eigenvalue weighted by Gasteiger charge is 2.34. The fourth-order valence-corrected chi connectivity index (χ4v) is 3.54. The van der Waals surface area contributed by atoms with Gasteiger partial charge < -0.3 is 10.6 Å². The zero-order valence-electron chi connectivity index (χ0n) is 17.2. The molecule has 1 heterocycles. The van der Waals surface area contributed by atoms with E-state index in [9.17, 15) is 19.2 Å². The maximum Gasteiger partial charge on any atom is 0.261 e. The van der Waals surface area contributed by atoms with E-state index >= 15 is 0 Å². The van der Waals surface area contributed by atoms with Crippen LogP contribution < -0.4 is 10.6 Å². The Bertz CT molecular complexity index is 1160. The second kappa shape index (κ2) is 9.26. The highest BCUT2D eigenvalue weighted by Crippen LogP contribution is 2.24. The standard InChI is InChI=1S/C25H21N3O4/c29-22(15-8-16-28-24(31)18-11-4-5-12-19(18)25(28)32)26-20-13-6-7-14-21(20)27-23(30)17-9-2-1-3-10-17/h1-7,9-14H,8,15-16H2,(H,26,29)(H,27,30). The molecule has 3 aromatic rings. The van der Waals surface area contributed by atoms with E-state index < -0.39 is 0 Å². The van der Waals surface area contributed by atoms with Crippen LogP contribution in [0.2, 0.25) is 0 Å². The number of imide groups is 1. The monoisotopic (exact) mass is 427 g/mol. The molecule has 32 heavy (non-hydrogen) atoms. The van der Waals surface area contributed by atoms with Crippen molar-refractivity contribution in [3.8, 4) is 0 Å². The summed E-state index contributed by atoms with van der Waals surface area (Å²) in [5.74, 6) is -1.22. The van der Waals surface area contributed by atoms with Crippen LogP contribution in [0.4, 0.5) is 11.4 Å². The van der Waals surface area contributed by atoms with Gasteiger partial charge in [-0.15, -0.1) is 0 Å². The Morgan fingerprint density at radius 3 is 1.84 bits per heavy atom. The number of rotatable bonds is 7. The van der Waals surface area contributed by atoms with Crippen LogP contribution >= 0.6 is 0 Å². The number of carbonyl (C=O) groups is 4. The van der Waals surface area contributed by atoms with E-state index in [2.05, 4.69) is 10.6 Å². The van der Waals surface area contributed by atoms with Crippen molar-refractivity contribution in [1.29, 1.82) is 0 Å². The SMILES string of the molecule is O=C(CCCN1C(=O)c2ccccc2C1=O)Nc1ccccc1NC(=O)c1ccccc1. The quantitative estimate of drug-likeness (QED) is 0.558. The average Bonchev–Trinajstić information content (AvgIpc) is 3.06. The van der Waals surface area contributed by atoms with Gasteiger partial charge in [-0.1, -0.05) is 42.5 Å². The summed E-state index contributed by atoms with van der Waals surface area (Å²) in [4.78, 5) is 50.9. The van der Waals surface area contributed by atoms with Crippen molar-refractivity contribution in [2.45, 2.75) is 12.8 Å². The maximum absolute atomic E-state index is 12.5. The molecule has 0 unspecified atom stereocenters. The number of nitrogens with zero attached hydrogens (tertiary/aromatic N) is 1. The molecule has 0 aromatic heterocycles. The molecule has 7 nitrogen and oxygen atoms in total. The zero-order valence-corrected chi connectivity index (χ0v) is 17.2. The lowest BCUT2D eigenvalue weighted by atomic mass is 10.1. The van der Waals surface area contributed by atoms with Crippen molar-refractivity contribution in [2.75, 3.05) is 17.2 Å². The normalized spacial score (nSPS) is 12.4. The van der Waals surface area contributed by atoms with Gasteiger partial charge in [0.2, 0.25) is 5.91 Å². The zero-order chi connectivity index (χ0) is 22.5. The smallest absolute Gasteiger partial charge is 0.261 e. The van der Waals surface area contributed by atoms with Crippen molar-refractivity contribution in [3.63, 3.8) is 0 Å². The van der Waals surface area contributed by atoms with Gasteiger partial charge in [-0.05, 0) is 42.8 Å². The minimum absolute atomic E-state index is 0.119. The second-order valence-electron chi connectivity index (χ2n) is 7.32. The van der Waals surface area contributed by atoms with Crippen LogP contribution in [0.25, 0.3) is 0 Å². The molecule has 0 spiro atoms. The molecule has 0 aliphatic carbocycles. The first-order chi connectivity index (χ1) is 15.5. The van der Waals surface area contributed by atoms with Crippen molar-refractivity contribution < 1.29 is 19.2 Å². The molecule has 1 aliphatic rings. The molecule has 160 valence electrons. The number of hydrogen-bond acceptors (Lipinski definition) is 4. The van der Waals surface area contributed by atoms with E-state index in [0.717, 1.165) is 0 Å². The van der Waals surface area contributed by atoms with E-state index in [1.54, 1.807) is 72.8 Å². The van der Waals surface area contributed by atoms with Gasteiger partial charge in [0.25, 0.3) is 17.7 Å². The fourth-order valence-electron chi connectivity index (χ4n) is 3.54. The van der Waals surface area contributed by atoms with Crippen LogP contribution in [0.15, 0.2) is 78.9 Å². The molecule has 0 atom stereocenters. The van der Waals surface area contributed by atoms with Crippen molar-refractivity contribution in [3.05, 3.63) is 95.6 Å². The van der Waals surface area contributed by atoms with Crippen LogP contribution in [0, 0.1) is 0 Å². The van der Waals surface area contributed by atoms with Gasteiger partial charge in [-0.2, -0.15) is 0 Å². The van der Waals surface area contributed by atoms with Gasteiger partial charge in [0.15, 0.2) is 0 Å². The molecule has 0 bridgehead atoms. The topological polar surface area (TPSA) is 95.6 Å². The number of amides is 4. The molecule has 3 aromatic carbocycles. The Balaban J connectivity index is 1.33. The van der Waals surface area contributed by atoms with Gasteiger partial charge in [0.1, 0.15) is 0 Å². The first kappa shape index (κ1) is 21.0. The largest absolute Gasteiger partial charge is 0.324 e. The summed E-state index contributed by atoms with van der Waals surface area (Å²) in [5.41, 5.74) is 2.25. The number of nitrogens with one attached hydrogen (secondary N) is 2. The number of hydrogen-bond donors (Lipinski definition) is 2. The Morgan fingerprint density at radius 2 is 1.22 bits per heavy atom. The van der Waals surface area contributed by atoms with E-state index in [0.29, 0.717) is 34.5 Å². The maximum atomic E-state index is 12.5. The van der Waals surface area contributed by atoms with Gasteiger partial charge in [0.05, 0.1) is 22.5 Å². The third-order valence-corrected chi connectivity index (χ3v) is 5.15. The number of benzene rings is 3. The summed E-state index contributed by atoms with van der Waals surface area (Å²) >= 11 is 0. The number of carbonyl (C=O) groups excluding carboxylic acids is 4. The van der Waals surface area contributed by atoms with Crippen molar-refractivity contribution in [1.82, 2.24) is 4.90 Å². The summed E-state index contributed by atoms with van der Waals surface area (Å²) < 4.78 is 0. The van der Waals surface area contributed by atoms with Crippen LogP contribution in [0.5, 0.6) is 0 Å². The summed E-state index contributed by atoms with van der Waals surface area (Å²) in [7, 11) is 0. The molecule has 0 saturated heterocycles. The average molecular weight is 427 g/mol. The number of fused-ring (bicyclic) bond motifs is 1. The molecule has 0 fully saturated rings. The van der Waals surface area contributed by atoms with Crippen LogP contribution in [0.1, 0.15) is 43.9 Å². The van der Waals surface area contributed by atoms with E-state index in [-0.39, 0.29) is 36.6 Å². The summed E-state index contributed by atoms with van der Waals surface area (Å²) in [5, 5.41) is 5.59. The number of para-hydroxylation sites is 2. The molecule has 4 rings (SSSR count). The fraction of sp³-hybridized carbons (Fsp3) is 0.120. The molecule has 7 heteroatoms. The summed E-state index contributed by atoms with van der Waals surface area (Å²) in [6.45, 7) is 0.159. The third-order valence-electron chi connectivity index (χ3n) is 5.15. The minimum Gasteiger partial charge on any atom is -0.324 e. The van der Waals surface area contributed by atoms with Crippen molar-refractivity contribution in [2.24, 2.45) is 0 Å². The van der Waals surface area contributed by atoms with Gasteiger partial charge >= 0.3 is 0 Å². The molecule has 4 amide bonds. The van der Waals surface area contributed by atoms with Crippen LogP contribution in [0.3, 0.4) is 0 Å². The second-order valence-corrected chi connectivity index (χ2v) is 7.32. The Morgan fingerprint density at radius 1 is 0.688 bits per heavy atom.